The molecule has 0 heterocycles. The Morgan fingerprint density at radius 2 is 2.00 bits per heavy atom. The highest BCUT2D eigenvalue weighted by Crippen LogP contribution is 2.25. The number of carboxylic acids is 1. The van der Waals surface area contributed by atoms with Gasteiger partial charge in [-0.15, -0.1) is 0 Å². The van der Waals surface area contributed by atoms with E-state index in [-0.39, 0.29) is 0 Å². The molecule has 18 heavy (non-hydrogen) atoms. The van der Waals surface area contributed by atoms with Crippen molar-refractivity contribution >= 4 is 5.97 Å². The first-order valence-electron chi connectivity index (χ1n) is 6.64. The van der Waals surface area contributed by atoms with Crippen LogP contribution >= 0.6 is 0 Å². The van der Waals surface area contributed by atoms with Crippen molar-refractivity contribution in [1.82, 2.24) is 5.32 Å². The number of hydrogen-bond acceptors (Lipinski definition) is 2. The maximum absolute atomic E-state index is 11.5. The zero-order valence-electron chi connectivity index (χ0n) is 11.1. The average molecular weight is 247 g/mol. The number of carbonyl (C=O) groups is 1. The number of hydrogen-bond donors (Lipinski definition) is 2. The molecule has 1 atom stereocenters. The Hall–Kier alpha value is -1.35. The number of carboxylic acid groups (broad SMARTS) is 1. The molecule has 3 heteroatoms. The molecule has 1 aliphatic rings. The smallest absolute Gasteiger partial charge is 0.325 e. The molecule has 0 amide bonds. The van der Waals surface area contributed by atoms with Crippen molar-refractivity contribution in [2.75, 3.05) is 0 Å². The van der Waals surface area contributed by atoms with Crippen LogP contribution in [0.4, 0.5) is 0 Å². The maximum atomic E-state index is 11.5. The van der Waals surface area contributed by atoms with Gasteiger partial charge in [0.25, 0.3) is 0 Å². The molecule has 2 rings (SSSR count). The van der Waals surface area contributed by atoms with Gasteiger partial charge in [-0.05, 0) is 43.4 Å². The van der Waals surface area contributed by atoms with E-state index in [1.165, 1.54) is 12.8 Å². The fourth-order valence-corrected chi connectivity index (χ4v) is 2.71. The van der Waals surface area contributed by atoms with Crippen LogP contribution in [0.1, 0.15) is 48.4 Å². The van der Waals surface area contributed by atoms with Crippen molar-refractivity contribution in [2.45, 2.75) is 51.6 Å². The molecular weight excluding hydrogens is 226 g/mol. The number of benzene rings is 1. The van der Waals surface area contributed by atoms with Crippen molar-refractivity contribution < 1.29 is 9.90 Å². The molecule has 1 fully saturated rings. The molecule has 2 N–H and O–H groups in total. The van der Waals surface area contributed by atoms with Crippen molar-refractivity contribution in [2.24, 2.45) is 0 Å². The summed E-state index contributed by atoms with van der Waals surface area (Å²) in [6.07, 6.45) is 4.59. The predicted molar refractivity (Wildman–Crippen MR) is 71.7 cm³/mol. The van der Waals surface area contributed by atoms with Crippen molar-refractivity contribution in [3.05, 3.63) is 34.9 Å². The second-order valence-corrected chi connectivity index (χ2v) is 5.21. The van der Waals surface area contributed by atoms with Crippen LogP contribution in [0, 0.1) is 13.8 Å². The third kappa shape index (κ3) is 2.72. The highest BCUT2D eigenvalue weighted by molar-refractivity contribution is 5.76. The van der Waals surface area contributed by atoms with E-state index in [1.54, 1.807) is 0 Å². The van der Waals surface area contributed by atoms with Crippen molar-refractivity contribution in [3.63, 3.8) is 0 Å². The fourth-order valence-electron chi connectivity index (χ4n) is 2.71. The minimum Gasteiger partial charge on any atom is -0.480 e. The molecule has 0 aliphatic heterocycles. The monoisotopic (exact) mass is 247 g/mol. The Morgan fingerprint density at radius 1 is 1.33 bits per heavy atom. The summed E-state index contributed by atoms with van der Waals surface area (Å²) in [4.78, 5) is 11.5. The molecular formula is C15H21NO2. The molecule has 0 radical (unpaired) electrons. The highest BCUT2D eigenvalue weighted by atomic mass is 16.4. The molecule has 0 saturated heterocycles. The van der Waals surface area contributed by atoms with Gasteiger partial charge in [0.2, 0.25) is 0 Å². The molecule has 0 spiro atoms. The van der Waals surface area contributed by atoms with Gasteiger partial charge >= 0.3 is 5.97 Å². The lowest BCUT2D eigenvalue weighted by Gasteiger charge is -2.22. The summed E-state index contributed by atoms with van der Waals surface area (Å²) in [6.45, 7) is 4.02. The van der Waals surface area contributed by atoms with E-state index in [1.807, 2.05) is 32.0 Å². The van der Waals surface area contributed by atoms with Crippen LogP contribution in [-0.2, 0) is 4.79 Å². The van der Waals surface area contributed by atoms with Gasteiger partial charge in [0, 0.05) is 6.04 Å². The van der Waals surface area contributed by atoms with E-state index in [0.717, 1.165) is 29.5 Å². The standard InChI is InChI=1S/C15H21NO2/c1-10-6-5-9-13(11(10)2)14(15(17)18)16-12-7-3-4-8-12/h5-6,9,12,14,16H,3-4,7-8H2,1-2H3,(H,17,18). The zero-order chi connectivity index (χ0) is 13.1. The lowest BCUT2D eigenvalue weighted by Crippen LogP contribution is -2.35. The van der Waals surface area contributed by atoms with E-state index in [9.17, 15) is 9.90 Å². The van der Waals surface area contributed by atoms with Gasteiger partial charge in [-0.25, -0.2) is 0 Å². The molecule has 0 aromatic heterocycles. The summed E-state index contributed by atoms with van der Waals surface area (Å²) in [6, 6.07) is 5.65. The summed E-state index contributed by atoms with van der Waals surface area (Å²) in [5.74, 6) is -0.782. The van der Waals surface area contributed by atoms with Crippen LogP contribution in [0.5, 0.6) is 0 Å². The summed E-state index contributed by atoms with van der Waals surface area (Å²) >= 11 is 0. The maximum Gasteiger partial charge on any atom is 0.325 e. The van der Waals surface area contributed by atoms with Gasteiger partial charge in [0.05, 0.1) is 0 Å². The van der Waals surface area contributed by atoms with Crippen LogP contribution < -0.4 is 5.32 Å². The first kappa shape index (κ1) is 13.1. The van der Waals surface area contributed by atoms with Crippen LogP contribution in [0.2, 0.25) is 0 Å². The Morgan fingerprint density at radius 3 is 2.61 bits per heavy atom. The third-order valence-electron chi connectivity index (χ3n) is 3.96. The summed E-state index contributed by atoms with van der Waals surface area (Å²) in [7, 11) is 0. The van der Waals surface area contributed by atoms with E-state index >= 15 is 0 Å². The molecule has 1 aliphatic carbocycles. The lowest BCUT2D eigenvalue weighted by molar-refractivity contribution is -0.139. The van der Waals surface area contributed by atoms with E-state index < -0.39 is 12.0 Å². The summed E-state index contributed by atoms with van der Waals surface area (Å²) < 4.78 is 0. The van der Waals surface area contributed by atoms with Crippen molar-refractivity contribution in [1.29, 1.82) is 0 Å². The Bertz CT molecular complexity index is 436. The van der Waals surface area contributed by atoms with E-state index in [0.29, 0.717) is 6.04 Å². The molecule has 0 bridgehead atoms. The summed E-state index contributed by atoms with van der Waals surface area (Å²) in [5.41, 5.74) is 3.12. The lowest BCUT2D eigenvalue weighted by atomic mass is 9.96. The van der Waals surface area contributed by atoms with Gasteiger partial charge in [-0.1, -0.05) is 31.0 Å². The Balaban J connectivity index is 2.23. The van der Waals surface area contributed by atoms with Crippen LogP contribution in [0.15, 0.2) is 18.2 Å². The van der Waals surface area contributed by atoms with E-state index in [4.69, 9.17) is 0 Å². The van der Waals surface area contributed by atoms with Gasteiger partial charge in [0.15, 0.2) is 0 Å². The molecule has 98 valence electrons. The SMILES string of the molecule is Cc1cccc(C(NC2CCCC2)C(=O)O)c1C. The van der Waals surface area contributed by atoms with Crippen molar-refractivity contribution in [3.8, 4) is 0 Å². The number of aryl methyl sites for hydroxylation is 1. The van der Waals surface area contributed by atoms with E-state index in [2.05, 4.69) is 5.32 Å². The minimum atomic E-state index is -0.782. The van der Waals surface area contributed by atoms with Gasteiger partial charge in [-0.3, -0.25) is 10.1 Å². The normalized spacial score (nSPS) is 17.9. The molecule has 1 unspecified atom stereocenters. The van der Waals surface area contributed by atoms with Gasteiger partial charge in [0.1, 0.15) is 6.04 Å². The van der Waals surface area contributed by atoms with Gasteiger partial charge < -0.3 is 5.11 Å². The first-order valence-corrected chi connectivity index (χ1v) is 6.64. The molecule has 3 nitrogen and oxygen atoms in total. The van der Waals surface area contributed by atoms with Crippen LogP contribution in [-0.4, -0.2) is 17.1 Å². The quantitative estimate of drug-likeness (QED) is 0.860. The Labute approximate surface area is 108 Å². The highest BCUT2D eigenvalue weighted by Gasteiger charge is 2.26. The topological polar surface area (TPSA) is 49.3 Å². The van der Waals surface area contributed by atoms with Crippen LogP contribution in [0.25, 0.3) is 0 Å². The second-order valence-electron chi connectivity index (χ2n) is 5.21. The molecule has 1 saturated carbocycles. The van der Waals surface area contributed by atoms with Crippen LogP contribution in [0.3, 0.4) is 0 Å². The first-order chi connectivity index (χ1) is 8.59. The third-order valence-corrected chi connectivity index (χ3v) is 3.96. The molecule has 1 aromatic rings. The second kappa shape index (κ2) is 5.53. The predicted octanol–water partition coefficient (Wildman–Crippen LogP) is 2.96. The fraction of sp³-hybridized carbons (Fsp3) is 0.533. The molecule has 1 aromatic carbocycles. The number of rotatable bonds is 4. The van der Waals surface area contributed by atoms with Gasteiger partial charge in [-0.2, -0.15) is 0 Å². The zero-order valence-corrected chi connectivity index (χ0v) is 11.1. The average Bonchev–Trinajstić information content (AvgIpc) is 2.83. The minimum absolute atomic E-state index is 0.353. The largest absolute Gasteiger partial charge is 0.480 e. The Kier molecular flexibility index (Phi) is 4.02. The summed E-state index contributed by atoms with van der Waals surface area (Å²) in [5, 5.41) is 12.7. The number of nitrogens with one attached hydrogen (secondary N) is 1. The number of aliphatic carboxylic acids is 1.